The first-order chi connectivity index (χ1) is 4.66. The van der Waals surface area contributed by atoms with E-state index in [1.165, 1.54) is 6.42 Å². The molecule has 0 aliphatic rings. The van der Waals surface area contributed by atoms with E-state index in [4.69, 9.17) is 11.5 Å². The molecular formula is C8H20N2. The van der Waals surface area contributed by atoms with Crippen LogP contribution < -0.4 is 11.5 Å². The van der Waals surface area contributed by atoms with Crippen LogP contribution in [-0.4, -0.2) is 12.1 Å². The van der Waals surface area contributed by atoms with Crippen molar-refractivity contribution >= 4 is 0 Å². The summed E-state index contributed by atoms with van der Waals surface area (Å²) in [5, 5.41) is 0. The number of hydrogen-bond donors (Lipinski definition) is 2. The molecule has 0 fully saturated rings. The predicted molar refractivity (Wildman–Crippen MR) is 45.8 cm³/mol. The monoisotopic (exact) mass is 144 g/mol. The molecule has 0 radical (unpaired) electrons. The minimum atomic E-state index is 0.308. The Morgan fingerprint density at radius 1 is 1.10 bits per heavy atom. The normalized spacial score (nSPS) is 16.8. The van der Waals surface area contributed by atoms with Gasteiger partial charge in [0.05, 0.1) is 0 Å². The Morgan fingerprint density at radius 3 is 2.10 bits per heavy atom. The summed E-state index contributed by atoms with van der Waals surface area (Å²) in [5.74, 6) is 0. The van der Waals surface area contributed by atoms with Crippen LogP contribution in [0.4, 0.5) is 0 Å². The molecule has 0 aromatic rings. The Hall–Kier alpha value is -0.0800. The topological polar surface area (TPSA) is 52.0 Å². The molecule has 0 heterocycles. The van der Waals surface area contributed by atoms with Crippen LogP contribution in [0.1, 0.15) is 39.5 Å². The molecule has 0 aromatic heterocycles. The zero-order valence-electron chi connectivity index (χ0n) is 7.14. The van der Waals surface area contributed by atoms with E-state index >= 15 is 0 Å². The van der Waals surface area contributed by atoms with Gasteiger partial charge in [-0.25, -0.2) is 0 Å². The van der Waals surface area contributed by atoms with Crippen LogP contribution in [0.25, 0.3) is 0 Å². The Kier molecular flexibility index (Phi) is 5.64. The minimum absolute atomic E-state index is 0.308. The average Bonchev–Trinajstić information content (AvgIpc) is 1.85. The SMILES string of the molecule is CCCC(N)CCC(C)N. The number of rotatable bonds is 5. The van der Waals surface area contributed by atoms with Gasteiger partial charge in [0, 0.05) is 12.1 Å². The number of hydrogen-bond acceptors (Lipinski definition) is 2. The van der Waals surface area contributed by atoms with Crippen molar-refractivity contribution in [2.75, 3.05) is 0 Å². The van der Waals surface area contributed by atoms with Gasteiger partial charge in [-0.2, -0.15) is 0 Å². The van der Waals surface area contributed by atoms with Crippen LogP contribution >= 0.6 is 0 Å². The van der Waals surface area contributed by atoms with Gasteiger partial charge in [-0.05, 0) is 26.2 Å². The molecule has 0 aliphatic heterocycles. The predicted octanol–water partition coefficient (Wildman–Crippen LogP) is 1.24. The highest BCUT2D eigenvalue weighted by molar-refractivity contribution is 4.63. The van der Waals surface area contributed by atoms with E-state index in [0.717, 1.165) is 19.3 Å². The molecule has 62 valence electrons. The molecule has 10 heavy (non-hydrogen) atoms. The molecule has 2 unspecified atom stereocenters. The third-order valence-electron chi connectivity index (χ3n) is 1.65. The molecule has 0 rings (SSSR count). The fourth-order valence-electron chi connectivity index (χ4n) is 0.992. The zero-order chi connectivity index (χ0) is 7.98. The van der Waals surface area contributed by atoms with E-state index in [2.05, 4.69) is 6.92 Å². The fourth-order valence-corrected chi connectivity index (χ4v) is 0.992. The van der Waals surface area contributed by atoms with Gasteiger partial charge in [0.15, 0.2) is 0 Å². The van der Waals surface area contributed by atoms with Crippen molar-refractivity contribution in [3.63, 3.8) is 0 Å². The summed E-state index contributed by atoms with van der Waals surface area (Å²) in [7, 11) is 0. The van der Waals surface area contributed by atoms with Crippen molar-refractivity contribution in [1.29, 1.82) is 0 Å². The van der Waals surface area contributed by atoms with Crippen molar-refractivity contribution in [3.8, 4) is 0 Å². The lowest BCUT2D eigenvalue weighted by Gasteiger charge is -2.11. The van der Waals surface area contributed by atoms with Crippen LogP contribution in [0.15, 0.2) is 0 Å². The highest BCUT2D eigenvalue weighted by Crippen LogP contribution is 2.02. The first-order valence-electron chi connectivity index (χ1n) is 4.18. The maximum Gasteiger partial charge on any atom is 0.00393 e. The maximum absolute atomic E-state index is 5.78. The van der Waals surface area contributed by atoms with Crippen molar-refractivity contribution in [2.24, 2.45) is 11.5 Å². The lowest BCUT2D eigenvalue weighted by molar-refractivity contribution is 0.508. The summed E-state index contributed by atoms with van der Waals surface area (Å²) in [6, 6.07) is 0.680. The van der Waals surface area contributed by atoms with Gasteiger partial charge in [0.25, 0.3) is 0 Å². The van der Waals surface area contributed by atoms with Crippen molar-refractivity contribution in [1.82, 2.24) is 0 Å². The molecule has 0 amide bonds. The lowest BCUT2D eigenvalue weighted by Crippen LogP contribution is -2.24. The smallest absolute Gasteiger partial charge is 0.00393 e. The molecule has 0 aliphatic carbocycles. The minimum Gasteiger partial charge on any atom is -0.328 e. The van der Waals surface area contributed by atoms with Crippen molar-refractivity contribution < 1.29 is 0 Å². The van der Waals surface area contributed by atoms with Gasteiger partial charge in [-0.3, -0.25) is 0 Å². The van der Waals surface area contributed by atoms with Crippen molar-refractivity contribution in [2.45, 2.75) is 51.6 Å². The third-order valence-corrected chi connectivity index (χ3v) is 1.65. The van der Waals surface area contributed by atoms with Gasteiger partial charge in [0.1, 0.15) is 0 Å². The summed E-state index contributed by atoms with van der Waals surface area (Å²) < 4.78 is 0. The molecule has 0 aromatic carbocycles. The van der Waals surface area contributed by atoms with E-state index in [0.29, 0.717) is 12.1 Å². The maximum atomic E-state index is 5.78. The molecule has 2 atom stereocenters. The molecule has 2 nitrogen and oxygen atoms in total. The van der Waals surface area contributed by atoms with Crippen LogP contribution in [0.2, 0.25) is 0 Å². The van der Waals surface area contributed by atoms with Crippen LogP contribution in [-0.2, 0) is 0 Å². The number of nitrogens with two attached hydrogens (primary N) is 2. The van der Waals surface area contributed by atoms with Crippen LogP contribution in [0.3, 0.4) is 0 Å². The van der Waals surface area contributed by atoms with Gasteiger partial charge in [-0.15, -0.1) is 0 Å². The molecule has 0 spiro atoms. The van der Waals surface area contributed by atoms with Crippen molar-refractivity contribution in [3.05, 3.63) is 0 Å². The second kappa shape index (κ2) is 5.69. The molecule has 4 N–H and O–H groups in total. The third kappa shape index (κ3) is 6.05. The molecule has 2 heteroatoms. The summed E-state index contributed by atoms with van der Waals surface area (Å²) in [5.41, 5.74) is 11.4. The fraction of sp³-hybridized carbons (Fsp3) is 1.00. The van der Waals surface area contributed by atoms with Crippen LogP contribution in [0.5, 0.6) is 0 Å². The lowest BCUT2D eigenvalue weighted by atomic mass is 10.0. The van der Waals surface area contributed by atoms with E-state index in [1.54, 1.807) is 0 Å². The zero-order valence-corrected chi connectivity index (χ0v) is 7.14. The van der Waals surface area contributed by atoms with E-state index in [-0.39, 0.29) is 0 Å². The van der Waals surface area contributed by atoms with Gasteiger partial charge < -0.3 is 11.5 Å². The van der Waals surface area contributed by atoms with E-state index < -0.39 is 0 Å². The first-order valence-corrected chi connectivity index (χ1v) is 4.18. The molecule has 0 saturated carbocycles. The Balaban J connectivity index is 3.12. The quantitative estimate of drug-likeness (QED) is 0.610. The molecule has 0 saturated heterocycles. The van der Waals surface area contributed by atoms with Gasteiger partial charge in [0.2, 0.25) is 0 Å². The summed E-state index contributed by atoms with van der Waals surface area (Å²) >= 11 is 0. The second-order valence-electron chi connectivity index (χ2n) is 3.10. The van der Waals surface area contributed by atoms with E-state index in [9.17, 15) is 0 Å². The first kappa shape index (κ1) is 9.92. The van der Waals surface area contributed by atoms with Crippen LogP contribution in [0, 0.1) is 0 Å². The highest BCUT2D eigenvalue weighted by Gasteiger charge is 2.01. The summed E-state index contributed by atoms with van der Waals surface area (Å²) in [6.45, 7) is 4.18. The van der Waals surface area contributed by atoms with E-state index in [1.807, 2.05) is 6.92 Å². The van der Waals surface area contributed by atoms with Gasteiger partial charge >= 0.3 is 0 Å². The Labute approximate surface area is 64.0 Å². The largest absolute Gasteiger partial charge is 0.328 e. The highest BCUT2D eigenvalue weighted by atomic mass is 14.6. The standard InChI is InChI=1S/C8H20N2/c1-3-4-8(10)6-5-7(2)9/h7-8H,3-6,9-10H2,1-2H3. The Bertz CT molecular complexity index is 71.7. The molecule has 0 bridgehead atoms. The summed E-state index contributed by atoms with van der Waals surface area (Å²) in [4.78, 5) is 0. The molecular weight excluding hydrogens is 124 g/mol. The van der Waals surface area contributed by atoms with Gasteiger partial charge in [-0.1, -0.05) is 13.3 Å². The Morgan fingerprint density at radius 2 is 1.70 bits per heavy atom. The average molecular weight is 144 g/mol. The summed E-state index contributed by atoms with van der Waals surface area (Å²) in [6.07, 6.45) is 4.44. The second-order valence-corrected chi connectivity index (χ2v) is 3.10.